The van der Waals surface area contributed by atoms with Crippen LogP contribution in [0.4, 0.5) is 0 Å². The maximum Gasteiger partial charge on any atom is 0.0705 e. The first-order valence-corrected chi connectivity index (χ1v) is 4.80. The predicted molar refractivity (Wildman–Crippen MR) is 59.2 cm³/mol. The zero-order valence-corrected chi connectivity index (χ0v) is 8.54. The molecule has 0 aliphatic carbocycles. The normalized spacial score (nSPS) is 10.7. The van der Waals surface area contributed by atoms with Crippen molar-refractivity contribution in [3.05, 3.63) is 41.6 Å². The van der Waals surface area contributed by atoms with Crippen LogP contribution < -0.4 is 5.32 Å². The molecule has 0 amide bonds. The minimum atomic E-state index is 0.898. The summed E-state index contributed by atoms with van der Waals surface area (Å²) in [6, 6.07) is 8.31. The van der Waals surface area contributed by atoms with Gasteiger partial charge in [-0.2, -0.15) is 0 Å². The van der Waals surface area contributed by atoms with E-state index < -0.39 is 0 Å². The number of aryl methyl sites for hydroxylation is 1. The van der Waals surface area contributed by atoms with Crippen molar-refractivity contribution in [2.24, 2.45) is 0 Å². The van der Waals surface area contributed by atoms with Gasteiger partial charge < -0.3 is 5.32 Å². The second-order valence-corrected chi connectivity index (χ2v) is 3.46. The Morgan fingerprint density at radius 2 is 2.14 bits per heavy atom. The molecule has 0 fully saturated rings. The second-order valence-electron chi connectivity index (χ2n) is 3.46. The summed E-state index contributed by atoms with van der Waals surface area (Å²) < 4.78 is 0. The van der Waals surface area contributed by atoms with Crippen LogP contribution in [0.3, 0.4) is 0 Å². The first-order valence-electron chi connectivity index (χ1n) is 4.80. The molecule has 0 atom stereocenters. The predicted octanol–water partition coefficient (Wildman–Crippen LogP) is 2.26. The van der Waals surface area contributed by atoms with E-state index in [9.17, 15) is 0 Å². The zero-order chi connectivity index (χ0) is 9.97. The van der Waals surface area contributed by atoms with Gasteiger partial charge in [0.15, 0.2) is 0 Å². The van der Waals surface area contributed by atoms with E-state index in [2.05, 4.69) is 35.4 Å². The van der Waals surface area contributed by atoms with Crippen molar-refractivity contribution in [3.8, 4) is 0 Å². The Morgan fingerprint density at radius 1 is 1.29 bits per heavy atom. The number of nitrogens with one attached hydrogen (secondary N) is 1. The van der Waals surface area contributed by atoms with Gasteiger partial charge in [-0.15, -0.1) is 0 Å². The lowest BCUT2D eigenvalue weighted by Gasteiger charge is -2.08. The minimum absolute atomic E-state index is 0.898. The van der Waals surface area contributed by atoms with Crippen LogP contribution in [-0.2, 0) is 6.54 Å². The Morgan fingerprint density at radius 3 is 2.93 bits per heavy atom. The van der Waals surface area contributed by atoms with Crippen molar-refractivity contribution >= 4 is 10.9 Å². The zero-order valence-electron chi connectivity index (χ0n) is 8.54. The molecule has 0 saturated carbocycles. The first-order chi connectivity index (χ1) is 6.83. The summed E-state index contributed by atoms with van der Waals surface area (Å²) in [5.41, 5.74) is 3.74. The fourth-order valence-electron chi connectivity index (χ4n) is 1.73. The molecule has 0 aliphatic rings. The van der Waals surface area contributed by atoms with Crippen LogP contribution in [0, 0.1) is 6.92 Å². The lowest BCUT2D eigenvalue weighted by Crippen LogP contribution is -2.07. The lowest BCUT2D eigenvalue weighted by molar-refractivity contribution is 0.818. The molecule has 2 nitrogen and oxygen atoms in total. The standard InChI is InChI=1S/C12H14N2/c1-9-5-6-12-10(4-3-7-14-12)11(9)8-13-2/h3-7,13H,8H2,1-2H3. The Labute approximate surface area is 84.0 Å². The van der Waals surface area contributed by atoms with E-state index in [4.69, 9.17) is 0 Å². The fourth-order valence-corrected chi connectivity index (χ4v) is 1.73. The van der Waals surface area contributed by atoms with Crippen LogP contribution >= 0.6 is 0 Å². The van der Waals surface area contributed by atoms with E-state index in [1.54, 1.807) is 0 Å². The van der Waals surface area contributed by atoms with Gasteiger partial charge in [0.2, 0.25) is 0 Å². The van der Waals surface area contributed by atoms with E-state index in [1.165, 1.54) is 16.5 Å². The quantitative estimate of drug-likeness (QED) is 0.778. The SMILES string of the molecule is CNCc1c(C)ccc2ncccc12. The summed E-state index contributed by atoms with van der Waals surface area (Å²) in [6.45, 7) is 3.04. The van der Waals surface area contributed by atoms with E-state index >= 15 is 0 Å². The lowest BCUT2D eigenvalue weighted by atomic mass is 10.0. The van der Waals surface area contributed by atoms with E-state index in [1.807, 2.05) is 19.3 Å². The van der Waals surface area contributed by atoms with E-state index in [-0.39, 0.29) is 0 Å². The van der Waals surface area contributed by atoms with Gasteiger partial charge >= 0.3 is 0 Å². The number of benzene rings is 1. The largest absolute Gasteiger partial charge is 0.316 e. The van der Waals surface area contributed by atoms with Gasteiger partial charge in [0.05, 0.1) is 5.52 Å². The molecule has 0 saturated heterocycles. The van der Waals surface area contributed by atoms with Crippen LogP contribution in [0.1, 0.15) is 11.1 Å². The molecule has 0 spiro atoms. The highest BCUT2D eigenvalue weighted by atomic mass is 14.8. The molecular formula is C12H14N2. The average Bonchev–Trinajstić information content (AvgIpc) is 2.23. The highest BCUT2D eigenvalue weighted by Crippen LogP contribution is 2.19. The molecule has 14 heavy (non-hydrogen) atoms. The molecule has 0 aliphatic heterocycles. The smallest absolute Gasteiger partial charge is 0.0705 e. The topological polar surface area (TPSA) is 24.9 Å². The van der Waals surface area contributed by atoms with Gasteiger partial charge in [-0.05, 0) is 37.2 Å². The number of hydrogen-bond donors (Lipinski definition) is 1. The number of aromatic nitrogens is 1. The van der Waals surface area contributed by atoms with Gasteiger partial charge in [0, 0.05) is 18.1 Å². The van der Waals surface area contributed by atoms with E-state index in [0.29, 0.717) is 0 Å². The van der Waals surface area contributed by atoms with Gasteiger partial charge in [-0.3, -0.25) is 4.98 Å². The van der Waals surface area contributed by atoms with Crippen molar-refractivity contribution in [2.45, 2.75) is 13.5 Å². The Balaban J connectivity index is 2.69. The molecule has 72 valence electrons. The molecule has 0 bridgehead atoms. The Kier molecular flexibility index (Phi) is 2.46. The summed E-state index contributed by atoms with van der Waals surface area (Å²) in [5.74, 6) is 0. The van der Waals surface area contributed by atoms with Gasteiger partial charge in [-0.25, -0.2) is 0 Å². The monoisotopic (exact) mass is 186 g/mol. The summed E-state index contributed by atoms with van der Waals surface area (Å²) in [7, 11) is 1.97. The van der Waals surface area contributed by atoms with Crippen LogP contribution in [0.15, 0.2) is 30.5 Å². The Bertz CT molecular complexity index is 449. The second kappa shape index (κ2) is 3.76. The third kappa shape index (κ3) is 1.49. The summed E-state index contributed by atoms with van der Waals surface area (Å²) in [5, 5.41) is 4.44. The first kappa shape index (κ1) is 9.16. The molecule has 1 aromatic carbocycles. The molecule has 2 rings (SSSR count). The highest BCUT2D eigenvalue weighted by molar-refractivity contribution is 5.83. The van der Waals surface area contributed by atoms with Crippen molar-refractivity contribution in [2.75, 3.05) is 7.05 Å². The third-order valence-corrected chi connectivity index (χ3v) is 2.48. The Hall–Kier alpha value is -1.41. The van der Waals surface area contributed by atoms with Crippen molar-refractivity contribution in [3.63, 3.8) is 0 Å². The average molecular weight is 186 g/mol. The van der Waals surface area contributed by atoms with Crippen LogP contribution in [0.5, 0.6) is 0 Å². The fraction of sp³-hybridized carbons (Fsp3) is 0.250. The van der Waals surface area contributed by atoms with Crippen molar-refractivity contribution in [1.82, 2.24) is 10.3 Å². The van der Waals surface area contributed by atoms with Crippen LogP contribution in [0.2, 0.25) is 0 Å². The number of fused-ring (bicyclic) bond motifs is 1. The van der Waals surface area contributed by atoms with Crippen LogP contribution in [0.25, 0.3) is 10.9 Å². The van der Waals surface area contributed by atoms with E-state index in [0.717, 1.165) is 12.1 Å². The van der Waals surface area contributed by atoms with Crippen molar-refractivity contribution < 1.29 is 0 Å². The van der Waals surface area contributed by atoms with Gasteiger partial charge in [0.25, 0.3) is 0 Å². The molecule has 1 heterocycles. The summed E-state index contributed by atoms with van der Waals surface area (Å²) in [6.07, 6.45) is 1.83. The van der Waals surface area contributed by atoms with Gasteiger partial charge in [-0.1, -0.05) is 12.1 Å². The van der Waals surface area contributed by atoms with Crippen molar-refractivity contribution in [1.29, 1.82) is 0 Å². The number of hydrogen-bond acceptors (Lipinski definition) is 2. The molecule has 2 heteroatoms. The number of rotatable bonds is 2. The molecular weight excluding hydrogens is 172 g/mol. The molecule has 1 aromatic heterocycles. The number of nitrogens with zero attached hydrogens (tertiary/aromatic N) is 1. The summed E-state index contributed by atoms with van der Waals surface area (Å²) in [4.78, 5) is 4.34. The van der Waals surface area contributed by atoms with Gasteiger partial charge in [0.1, 0.15) is 0 Å². The minimum Gasteiger partial charge on any atom is -0.316 e. The maximum atomic E-state index is 4.34. The highest BCUT2D eigenvalue weighted by Gasteiger charge is 2.03. The summed E-state index contributed by atoms with van der Waals surface area (Å²) >= 11 is 0. The molecule has 0 unspecified atom stereocenters. The molecule has 1 N–H and O–H groups in total. The molecule has 2 aromatic rings. The third-order valence-electron chi connectivity index (χ3n) is 2.48. The maximum absolute atomic E-state index is 4.34. The number of pyridine rings is 1. The molecule has 0 radical (unpaired) electrons. The van der Waals surface area contributed by atoms with Crippen LogP contribution in [-0.4, -0.2) is 12.0 Å².